The number of allylic oxidation sites excluding steroid dienone is 2. The summed E-state index contributed by atoms with van der Waals surface area (Å²) in [5.41, 5.74) is -4.37. The molecule has 4 rings (SSSR count). The van der Waals surface area contributed by atoms with Crippen molar-refractivity contribution in [3.8, 4) is 0 Å². The van der Waals surface area contributed by atoms with Gasteiger partial charge in [0, 0.05) is 30.5 Å². The first kappa shape index (κ1) is 51.5. The number of nitrogens with zero attached hydrogens (tertiary/aromatic N) is 2. The van der Waals surface area contributed by atoms with Crippen LogP contribution in [0.5, 0.6) is 0 Å². The lowest BCUT2D eigenvalue weighted by molar-refractivity contribution is -0.297. The Bertz CT molecular complexity index is 1770. The average molecular weight is 871 g/mol. The van der Waals surface area contributed by atoms with Gasteiger partial charge < -0.3 is 38.8 Å². The van der Waals surface area contributed by atoms with E-state index in [0.717, 1.165) is 24.5 Å². The average Bonchev–Trinajstić information content (AvgIpc) is 3.19. The fourth-order valence-electron chi connectivity index (χ4n) is 9.32. The summed E-state index contributed by atoms with van der Waals surface area (Å²) in [4.78, 5) is 48.1. The van der Waals surface area contributed by atoms with Gasteiger partial charge in [0.1, 0.15) is 17.8 Å². The van der Waals surface area contributed by atoms with Crippen LogP contribution >= 0.6 is 0 Å². The van der Waals surface area contributed by atoms with Gasteiger partial charge >= 0.3 is 5.97 Å². The summed E-state index contributed by atoms with van der Waals surface area (Å²) in [6.45, 7) is 21.4. The Hall–Kier alpha value is -3.17. The minimum absolute atomic E-state index is 0.0114. The predicted molar refractivity (Wildman–Crippen MR) is 238 cm³/mol. The molecule has 62 heavy (non-hydrogen) atoms. The van der Waals surface area contributed by atoms with Gasteiger partial charge in [0.25, 0.3) is 5.67 Å². The highest BCUT2D eigenvalue weighted by molar-refractivity contribution is 6.08. The number of aliphatic hydroxyl groups is 2. The zero-order valence-corrected chi connectivity index (χ0v) is 39.5. The second-order valence-corrected chi connectivity index (χ2v) is 19.8. The summed E-state index contributed by atoms with van der Waals surface area (Å²) in [6, 6.07) is 9.43. The van der Waals surface area contributed by atoms with Gasteiger partial charge in [0.2, 0.25) is 5.91 Å². The van der Waals surface area contributed by atoms with Gasteiger partial charge in [0.05, 0.1) is 37.1 Å². The lowest BCUT2D eigenvalue weighted by Crippen LogP contribution is -2.62. The molecule has 3 saturated heterocycles. The van der Waals surface area contributed by atoms with Crippen molar-refractivity contribution in [3.63, 3.8) is 0 Å². The zero-order valence-electron chi connectivity index (χ0n) is 39.5. The van der Waals surface area contributed by atoms with E-state index in [1.165, 1.54) is 20.8 Å². The summed E-state index contributed by atoms with van der Waals surface area (Å²) in [6.07, 6.45) is 1.07. The summed E-state index contributed by atoms with van der Waals surface area (Å²) in [5, 5.41) is 24.5. The molecule has 3 aliphatic rings. The maximum atomic E-state index is 17.1. The van der Waals surface area contributed by atoms with Crippen LogP contribution in [0.25, 0.3) is 6.08 Å². The van der Waals surface area contributed by atoms with E-state index in [4.69, 9.17) is 23.7 Å². The molecule has 0 saturated carbocycles. The maximum Gasteiger partial charge on any atom is 0.351 e. The number of fused-ring (bicyclic) bond motifs is 5. The van der Waals surface area contributed by atoms with E-state index in [2.05, 4.69) is 30.7 Å². The molecule has 1 aromatic carbocycles. The Morgan fingerprint density at radius 3 is 2.35 bits per heavy atom. The lowest BCUT2D eigenvalue weighted by atomic mass is 9.73. The highest BCUT2D eigenvalue weighted by Gasteiger charge is 2.56. The Kier molecular flexibility index (Phi) is 17.6. The number of Topliss-reactive ketones (excluding diaryl/α,β-unsaturated/α-hetero) is 1. The van der Waals surface area contributed by atoms with Crippen LogP contribution in [-0.2, 0) is 38.1 Å². The molecular weight excluding hydrogens is 796 g/mol. The number of ether oxygens (including phenoxy) is 5. The normalized spacial score (nSPS) is 38.7. The third-order valence-electron chi connectivity index (χ3n) is 13.0. The van der Waals surface area contributed by atoms with Crippen molar-refractivity contribution < 1.29 is 52.7 Å². The molecule has 3 aliphatic heterocycles. The number of aliphatic imine (C=N–C) groups is 1. The number of aliphatic hydroxyl groups excluding tert-OH is 1. The van der Waals surface area contributed by atoms with Gasteiger partial charge in [-0.25, -0.2) is 14.2 Å². The van der Waals surface area contributed by atoms with Crippen LogP contribution in [0.4, 0.5) is 4.39 Å². The van der Waals surface area contributed by atoms with E-state index in [1.807, 2.05) is 69.5 Å². The quantitative estimate of drug-likeness (QED) is 0.198. The van der Waals surface area contributed by atoms with Crippen molar-refractivity contribution >= 4 is 29.4 Å². The smallest absolute Gasteiger partial charge is 0.351 e. The number of benzene rings is 1. The molecule has 13 atom stereocenters. The number of halogens is 1. The van der Waals surface area contributed by atoms with Crippen molar-refractivity contribution in [1.29, 1.82) is 0 Å². The molecule has 2 N–H and O–H groups in total. The van der Waals surface area contributed by atoms with Gasteiger partial charge in [-0.05, 0) is 95.9 Å². The number of carbonyl (C=O) groups is 3. The lowest BCUT2D eigenvalue weighted by Gasteiger charge is -2.48. The zero-order chi connectivity index (χ0) is 46.4. The Morgan fingerprint density at radius 1 is 1.08 bits per heavy atom. The van der Waals surface area contributed by atoms with E-state index in [9.17, 15) is 24.6 Å². The molecule has 3 fully saturated rings. The summed E-state index contributed by atoms with van der Waals surface area (Å²) in [7, 11) is 1.95. The van der Waals surface area contributed by atoms with E-state index < -0.39 is 83.0 Å². The molecule has 1 aromatic rings. The Balaban J connectivity index is 1.96. The number of ketones is 1. The largest absolute Gasteiger partial charge is 0.457 e. The van der Waals surface area contributed by atoms with Gasteiger partial charge in [-0.1, -0.05) is 97.0 Å². The minimum atomic E-state index is -3.19. The van der Waals surface area contributed by atoms with Crippen LogP contribution in [-0.4, -0.2) is 125 Å². The maximum absolute atomic E-state index is 17.1. The van der Waals surface area contributed by atoms with Crippen LogP contribution in [0.2, 0.25) is 0 Å². The van der Waals surface area contributed by atoms with Gasteiger partial charge in [0.15, 0.2) is 12.1 Å². The van der Waals surface area contributed by atoms with Crippen LogP contribution < -0.4 is 0 Å². The third-order valence-corrected chi connectivity index (χ3v) is 13.0. The van der Waals surface area contributed by atoms with E-state index >= 15 is 4.39 Å². The molecule has 0 radical (unpaired) electrons. The van der Waals surface area contributed by atoms with Crippen molar-refractivity contribution in [2.75, 3.05) is 26.8 Å². The molecule has 0 unspecified atom stereocenters. The molecule has 0 aliphatic carbocycles. The van der Waals surface area contributed by atoms with Gasteiger partial charge in [-0.2, -0.15) is 0 Å². The first-order chi connectivity index (χ1) is 28.8. The number of hydrogen-bond acceptors (Lipinski definition) is 11. The van der Waals surface area contributed by atoms with Crippen molar-refractivity contribution in [2.24, 2.45) is 28.2 Å². The molecule has 0 aromatic heterocycles. The second kappa shape index (κ2) is 21.2. The number of hydrogen-bond donors (Lipinski definition) is 2. The first-order valence-corrected chi connectivity index (χ1v) is 22.4. The fourth-order valence-corrected chi connectivity index (χ4v) is 9.32. The molecular formula is C49H75FN2O10. The van der Waals surface area contributed by atoms with Crippen LogP contribution in [0.1, 0.15) is 121 Å². The highest BCUT2D eigenvalue weighted by Crippen LogP contribution is 2.41. The number of esters is 1. The van der Waals surface area contributed by atoms with Crippen LogP contribution in [0.3, 0.4) is 0 Å². The number of cyclic esters (lactones) is 1. The van der Waals surface area contributed by atoms with Crippen molar-refractivity contribution in [2.45, 2.75) is 175 Å². The number of likely N-dealkylation sites (N-methyl/N-ethyl adjacent to an activating group) is 1. The second-order valence-electron chi connectivity index (χ2n) is 19.8. The van der Waals surface area contributed by atoms with E-state index in [-0.39, 0.29) is 43.6 Å². The molecule has 2 bridgehead atoms. The molecule has 1 amide bonds. The molecule has 3 heterocycles. The summed E-state index contributed by atoms with van der Waals surface area (Å²) in [5.74, 6) is -5.77. The van der Waals surface area contributed by atoms with Crippen LogP contribution in [0, 0.1) is 23.2 Å². The number of rotatable bonds is 8. The van der Waals surface area contributed by atoms with Gasteiger partial charge in [-0.3, -0.25) is 9.59 Å². The van der Waals surface area contributed by atoms with Crippen molar-refractivity contribution in [3.05, 3.63) is 53.6 Å². The molecule has 13 heteroatoms. The van der Waals surface area contributed by atoms with Crippen LogP contribution in [0.15, 0.2) is 53.0 Å². The molecule has 348 valence electrons. The topological polar surface area (TPSA) is 153 Å². The fraction of sp³-hybridized carbons (Fsp3) is 0.714. The molecule has 0 spiro atoms. The Morgan fingerprint density at radius 2 is 1.74 bits per heavy atom. The van der Waals surface area contributed by atoms with Gasteiger partial charge in [-0.15, -0.1) is 0 Å². The number of amides is 1. The standard InChI is InChI=1S/C49H75FN2O10/c1-14-38-49(12,57)43-32(4)39(51-34(6)53)30(2)28-47(10,59-29-36(23-26-58-43)22-18-21-35-19-16-15-17-20-35)42(33(5)41(55)48(11,50)45(56)61-38)62-44-40(54)37(27-31(3)60-44)52(13)25-24-46(7,8)9/h15-22,30-33,37-38,40,42-44,54,57H,14,23-29H2,1-13H3/b21-18+,36-22+,51-39?/t30-,31-,32+,33+,37+,38-,40-,42-,43-,44+,47-,48+,49-/m1/s1. The van der Waals surface area contributed by atoms with E-state index in [0.29, 0.717) is 25.1 Å². The SMILES string of the molecule is CC[C@H]1OC(=O)[C@@](C)(F)C(=O)[C@H](C)[C@@H](O[C@@H]2O[C@H](C)C[C@H](N(C)CCC(C)(C)C)[C@H]2O)[C@@]2(C)C[C@@H](C)C(=NC(C)=O)[C@H](C)[C@@H](OCC/C(=C\C=C\c3ccccc3)CO2)[C@]1(C)O. The van der Waals surface area contributed by atoms with E-state index in [1.54, 1.807) is 20.8 Å². The Labute approximate surface area is 369 Å². The first-order valence-electron chi connectivity index (χ1n) is 22.4. The molecule has 12 nitrogen and oxygen atoms in total. The summed E-state index contributed by atoms with van der Waals surface area (Å²) >= 11 is 0. The number of alkyl halides is 1. The predicted octanol–water partition coefficient (Wildman–Crippen LogP) is 7.48. The highest BCUT2D eigenvalue weighted by atomic mass is 19.1. The summed E-state index contributed by atoms with van der Waals surface area (Å²) < 4.78 is 49.6. The van der Waals surface area contributed by atoms with Crippen molar-refractivity contribution in [1.82, 2.24) is 4.90 Å². The minimum Gasteiger partial charge on any atom is -0.457 e. The third kappa shape index (κ3) is 12.8. The number of carbonyl (C=O) groups excluding carboxylic acids is 3. The monoisotopic (exact) mass is 871 g/mol.